The van der Waals surface area contributed by atoms with Crippen molar-refractivity contribution in [3.8, 4) is 0 Å². The molecule has 0 saturated carbocycles. The summed E-state index contributed by atoms with van der Waals surface area (Å²) in [5.74, 6) is 0. The largest absolute Gasteiger partial charge is 0.522 e. The monoisotopic (exact) mass is 458 g/mol. The lowest BCUT2D eigenvalue weighted by atomic mass is 10.5. The van der Waals surface area contributed by atoms with E-state index in [1.807, 2.05) is 0 Å². The summed E-state index contributed by atoms with van der Waals surface area (Å²) >= 11 is 16.3. The lowest BCUT2D eigenvalue weighted by molar-refractivity contribution is -0.0510. The molecule has 0 saturated heterocycles. The summed E-state index contributed by atoms with van der Waals surface area (Å²) in [4.78, 5) is 0.0592. The lowest BCUT2D eigenvalue weighted by Crippen LogP contribution is -2.54. The normalized spacial score (nSPS) is 22.0. The van der Waals surface area contributed by atoms with E-state index in [0.717, 1.165) is 0 Å². The minimum atomic E-state index is -5.84. The first kappa shape index (κ1) is 23.8. The molecule has 1 unspecified atom stereocenters. The number of alkyl halides is 6. The summed E-state index contributed by atoms with van der Waals surface area (Å²) in [7, 11) is -8.19. The molecule has 2 N–H and O–H groups in total. The molecule has 0 bridgehead atoms. The maximum Gasteiger partial charge on any atom is 0.522 e. The van der Waals surface area contributed by atoms with Gasteiger partial charge in [-0.15, -0.1) is 0 Å². The summed E-state index contributed by atoms with van der Waals surface area (Å²) in [5, 5.41) is 2.66. The van der Waals surface area contributed by atoms with E-state index in [1.165, 1.54) is 18.0 Å². The molecule has 8 nitrogen and oxygen atoms in total. The second kappa shape index (κ2) is 7.60. The first-order chi connectivity index (χ1) is 10.3. The van der Waals surface area contributed by atoms with Gasteiger partial charge in [0.1, 0.15) is 6.61 Å². The molecule has 1 rings (SSSR count). The lowest BCUT2D eigenvalue weighted by Gasteiger charge is -2.32. The zero-order valence-corrected chi connectivity index (χ0v) is 15.8. The van der Waals surface area contributed by atoms with Crippen molar-refractivity contribution in [2.45, 2.75) is 21.2 Å². The van der Waals surface area contributed by atoms with Gasteiger partial charge in [-0.3, -0.25) is 8.74 Å². The van der Waals surface area contributed by atoms with Crippen LogP contribution in [0.2, 0.25) is 0 Å². The fourth-order valence-electron chi connectivity index (χ4n) is 1.06. The van der Waals surface area contributed by atoms with Gasteiger partial charge in [0.05, 0.1) is 0 Å². The van der Waals surface area contributed by atoms with Crippen LogP contribution >= 0.6 is 34.8 Å². The number of rotatable bonds is 3. The zero-order valence-electron chi connectivity index (χ0n) is 11.9. The van der Waals surface area contributed by atoms with Crippen molar-refractivity contribution >= 4 is 55.0 Å². The van der Waals surface area contributed by atoms with Crippen molar-refractivity contribution in [3.63, 3.8) is 0 Å². The Labute approximate surface area is 151 Å². The summed E-state index contributed by atoms with van der Waals surface area (Å²) in [6, 6.07) is 0. The molecular formula is C8H12Cl3F3N2O6S2. The van der Waals surface area contributed by atoms with Gasteiger partial charge in [0, 0.05) is 19.4 Å². The Morgan fingerprint density at radius 2 is 1.67 bits per heavy atom. The number of hydrogen-bond acceptors (Lipinski definition) is 7. The van der Waals surface area contributed by atoms with Crippen molar-refractivity contribution in [2.75, 3.05) is 13.7 Å². The molecule has 0 amide bonds. The van der Waals surface area contributed by atoms with Crippen LogP contribution in [0.25, 0.3) is 0 Å². The van der Waals surface area contributed by atoms with Crippen LogP contribution in [0.4, 0.5) is 13.2 Å². The highest BCUT2D eigenvalue weighted by atomic mass is 35.6. The van der Waals surface area contributed by atoms with E-state index in [0.29, 0.717) is 0 Å². The van der Waals surface area contributed by atoms with Crippen molar-refractivity contribution in [1.29, 1.82) is 0 Å². The van der Waals surface area contributed by atoms with Gasteiger partial charge >= 0.3 is 25.7 Å². The summed E-state index contributed by atoms with van der Waals surface area (Å²) in [5.41, 5.74) is -5.53. The van der Waals surface area contributed by atoms with E-state index in [1.54, 1.807) is 13.2 Å². The SMILES string of the molecule is CN1C=CNC1(C)S(=O)(=O)OCC(Cl)(Cl)Cl.O=S(=O)(O)C(F)(F)F. The average molecular weight is 460 g/mol. The highest BCUT2D eigenvalue weighted by molar-refractivity contribution is 7.88. The third-order valence-electron chi connectivity index (χ3n) is 2.48. The number of nitrogens with zero attached hydrogens (tertiary/aromatic N) is 1. The van der Waals surface area contributed by atoms with Gasteiger partial charge in [-0.25, -0.2) is 0 Å². The minimum Gasteiger partial charge on any atom is -0.353 e. The van der Waals surface area contributed by atoms with Crippen LogP contribution in [0.1, 0.15) is 6.92 Å². The molecule has 24 heavy (non-hydrogen) atoms. The molecule has 0 radical (unpaired) electrons. The van der Waals surface area contributed by atoms with E-state index >= 15 is 0 Å². The van der Waals surface area contributed by atoms with Gasteiger partial charge in [0.25, 0.3) is 0 Å². The van der Waals surface area contributed by atoms with Gasteiger partial charge in [-0.05, 0) is 6.92 Å². The quantitative estimate of drug-likeness (QED) is 0.284. The Hall–Kier alpha value is -0.180. The van der Waals surface area contributed by atoms with Crippen LogP contribution in [-0.2, 0) is 24.4 Å². The Bertz CT molecular complexity index is 676. The molecule has 0 aromatic carbocycles. The molecule has 1 aliphatic heterocycles. The molecule has 0 aromatic rings. The van der Waals surface area contributed by atoms with E-state index < -0.39 is 41.1 Å². The van der Waals surface area contributed by atoms with Gasteiger partial charge in [0.2, 0.25) is 8.79 Å². The minimum absolute atomic E-state index is 0.537. The van der Waals surface area contributed by atoms with Crippen LogP contribution in [0.3, 0.4) is 0 Å². The third kappa shape index (κ3) is 6.61. The molecule has 0 aromatic heterocycles. The van der Waals surface area contributed by atoms with E-state index in [4.69, 9.17) is 47.8 Å². The van der Waals surface area contributed by atoms with E-state index in [9.17, 15) is 21.6 Å². The Kier molecular flexibility index (Phi) is 7.54. The number of hydrogen-bond donors (Lipinski definition) is 2. The van der Waals surface area contributed by atoms with Crippen molar-refractivity contribution < 1.29 is 38.7 Å². The molecular weight excluding hydrogens is 448 g/mol. The molecule has 0 fully saturated rings. The van der Waals surface area contributed by atoms with Crippen molar-refractivity contribution in [1.82, 2.24) is 10.2 Å². The topological polar surface area (TPSA) is 113 Å². The Morgan fingerprint density at radius 1 is 1.25 bits per heavy atom. The second-order valence-electron chi connectivity index (χ2n) is 4.31. The van der Waals surface area contributed by atoms with Crippen LogP contribution < -0.4 is 5.32 Å². The summed E-state index contributed by atoms with van der Waals surface area (Å²) in [6.45, 7) is 0.909. The zero-order chi connectivity index (χ0) is 19.6. The molecule has 16 heteroatoms. The predicted molar refractivity (Wildman–Crippen MR) is 81.2 cm³/mol. The van der Waals surface area contributed by atoms with Crippen LogP contribution in [0, 0.1) is 0 Å². The Morgan fingerprint density at radius 3 is 1.92 bits per heavy atom. The van der Waals surface area contributed by atoms with Crippen LogP contribution in [0.15, 0.2) is 12.4 Å². The molecule has 1 aliphatic rings. The molecule has 1 atom stereocenters. The number of nitrogens with one attached hydrogen (secondary N) is 1. The highest BCUT2D eigenvalue weighted by Crippen LogP contribution is 2.30. The van der Waals surface area contributed by atoms with Gasteiger partial charge in [-0.2, -0.15) is 30.0 Å². The van der Waals surface area contributed by atoms with Gasteiger partial charge in [-0.1, -0.05) is 34.8 Å². The maximum atomic E-state index is 11.9. The first-order valence-corrected chi connectivity index (χ1v) is 9.48. The fourth-order valence-corrected chi connectivity index (χ4v) is 2.60. The van der Waals surface area contributed by atoms with Crippen molar-refractivity contribution in [2.24, 2.45) is 0 Å². The summed E-state index contributed by atoms with van der Waals surface area (Å²) < 4.78 is 84.2. The van der Waals surface area contributed by atoms with Crippen LogP contribution in [-0.4, -0.2) is 54.2 Å². The standard InChI is InChI=1S/C7H11Cl3N2O3S.CHF3O3S/c1-6(11-3-4-12(6)2)16(13,14)15-5-7(8,9)10;2-1(3,4)8(5,6)7/h3-4,11H,5H2,1-2H3;(H,5,6,7). The van der Waals surface area contributed by atoms with E-state index in [2.05, 4.69) is 9.50 Å². The molecule has 0 spiro atoms. The van der Waals surface area contributed by atoms with Crippen LogP contribution in [0.5, 0.6) is 0 Å². The smallest absolute Gasteiger partial charge is 0.353 e. The molecule has 0 aliphatic carbocycles. The van der Waals surface area contributed by atoms with Crippen molar-refractivity contribution in [3.05, 3.63) is 12.4 Å². The summed E-state index contributed by atoms with van der Waals surface area (Å²) in [6.07, 6.45) is 3.06. The van der Waals surface area contributed by atoms with E-state index in [-0.39, 0.29) is 0 Å². The third-order valence-corrected chi connectivity index (χ3v) is 5.20. The number of halogens is 6. The molecule has 1 heterocycles. The van der Waals surface area contributed by atoms with Gasteiger partial charge in [0.15, 0.2) is 0 Å². The maximum absolute atomic E-state index is 11.9. The fraction of sp³-hybridized carbons (Fsp3) is 0.750. The first-order valence-electron chi connectivity index (χ1n) is 5.50. The molecule has 144 valence electrons. The average Bonchev–Trinajstić information content (AvgIpc) is 2.66. The second-order valence-corrected chi connectivity index (χ2v) is 10.2. The highest BCUT2D eigenvalue weighted by Gasteiger charge is 2.46. The van der Waals surface area contributed by atoms with Gasteiger partial charge < -0.3 is 10.2 Å². The predicted octanol–water partition coefficient (Wildman–Crippen LogP) is 1.78. The Balaban J connectivity index is 0.000000561.